The molecule has 1 saturated heterocycles. The van der Waals surface area contributed by atoms with Gasteiger partial charge in [-0.2, -0.15) is 4.31 Å². The number of sulfonamides is 1. The smallest absolute Gasteiger partial charge is 0.243 e. The van der Waals surface area contributed by atoms with Crippen LogP contribution in [0.1, 0.15) is 18.4 Å². The Morgan fingerprint density at radius 1 is 1.06 bits per heavy atom. The quantitative estimate of drug-likeness (QED) is 0.702. The second-order valence-corrected chi connectivity index (χ2v) is 9.33. The van der Waals surface area contributed by atoms with Gasteiger partial charge in [-0.3, -0.25) is 4.79 Å². The van der Waals surface area contributed by atoms with E-state index in [0.29, 0.717) is 5.71 Å². The Kier molecular flexibility index (Phi) is 6.01. The van der Waals surface area contributed by atoms with Crippen LogP contribution < -0.4 is 0 Å². The van der Waals surface area contributed by atoms with Crippen molar-refractivity contribution in [2.45, 2.75) is 23.8 Å². The molecule has 1 amide bonds. The number of carbonyl (C=O) groups is 1. The third-order valence-corrected chi connectivity index (χ3v) is 7.26. The number of hydrogen-bond donors (Lipinski definition) is 0. The fraction of sp³-hybridized carbons (Fsp3) is 0.333. The van der Waals surface area contributed by atoms with Crippen LogP contribution in [0.5, 0.6) is 0 Å². The zero-order valence-corrected chi connectivity index (χ0v) is 17.4. The Balaban J connectivity index is 1.30. The first-order chi connectivity index (χ1) is 14.8. The molecule has 7 nitrogen and oxygen atoms in total. The molecule has 31 heavy (non-hydrogen) atoms. The highest BCUT2D eigenvalue weighted by atomic mass is 32.2. The first kappa shape index (κ1) is 21.4. The maximum Gasteiger partial charge on any atom is 0.243 e. The van der Waals surface area contributed by atoms with E-state index in [1.807, 2.05) is 0 Å². The minimum absolute atomic E-state index is 0.0429. The molecule has 164 valence electrons. The number of carbonyl (C=O) groups excluding carboxylic acids is 1. The lowest BCUT2D eigenvalue weighted by Gasteiger charge is -2.34. The summed E-state index contributed by atoms with van der Waals surface area (Å²) in [5, 5.41) is 3.85. The summed E-state index contributed by atoms with van der Waals surface area (Å²) in [6.07, 6.45) is -0.268. The van der Waals surface area contributed by atoms with Crippen LogP contribution >= 0.6 is 0 Å². The van der Waals surface area contributed by atoms with E-state index in [4.69, 9.17) is 4.84 Å². The number of rotatable bonds is 5. The van der Waals surface area contributed by atoms with Crippen molar-refractivity contribution >= 4 is 21.6 Å². The van der Waals surface area contributed by atoms with Gasteiger partial charge in [-0.1, -0.05) is 23.4 Å². The Morgan fingerprint density at radius 2 is 1.77 bits per heavy atom. The summed E-state index contributed by atoms with van der Waals surface area (Å²) in [7, 11) is -3.59. The normalized spacial score (nSPS) is 19.7. The van der Waals surface area contributed by atoms with Gasteiger partial charge in [0.25, 0.3) is 0 Å². The molecule has 0 radical (unpaired) electrons. The molecule has 0 aliphatic carbocycles. The molecule has 1 atom stereocenters. The molecule has 10 heteroatoms. The molecule has 0 unspecified atom stereocenters. The van der Waals surface area contributed by atoms with Crippen molar-refractivity contribution in [3.63, 3.8) is 0 Å². The Morgan fingerprint density at radius 3 is 2.45 bits per heavy atom. The molecule has 2 heterocycles. The van der Waals surface area contributed by atoms with Crippen molar-refractivity contribution in [3.05, 3.63) is 65.7 Å². The Bertz CT molecular complexity index is 1100. The van der Waals surface area contributed by atoms with Gasteiger partial charge < -0.3 is 9.74 Å². The molecular formula is C21H21F2N3O4S. The molecule has 0 aromatic heterocycles. The van der Waals surface area contributed by atoms with E-state index in [0.717, 1.165) is 12.1 Å². The lowest BCUT2D eigenvalue weighted by Crippen LogP contribution is -2.50. The van der Waals surface area contributed by atoms with Gasteiger partial charge in [-0.05, 0) is 24.3 Å². The Labute approximate surface area is 178 Å². The largest absolute Gasteiger partial charge is 0.391 e. The topological polar surface area (TPSA) is 79.3 Å². The van der Waals surface area contributed by atoms with Crippen molar-refractivity contribution in [3.8, 4) is 0 Å². The summed E-state index contributed by atoms with van der Waals surface area (Å²) < 4.78 is 53.8. The minimum atomic E-state index is -3.59. The number of oxime groups is 1. The third kappa shape index (κ3) is 4.59. The molecule has 2 aromatic carbocycles. The zero-order chi connectivity index (χ0) is 22.0. The van der Waals surface area contributed by atoms with Gasteiger partial charge in [0.15, 0.2) is 0 Å². The summed E-state index contributed by atoms with van der Waals surface area (Å²) in [5.74, 6) is -1.59. The number of nitrogens with zero attached hydrogens (tertiary/aromatic N) is 3. The molecule has 2 aliphatic rings. The summed E-state index contributed by atoms with van der Waals surface area (Å²) in [5.41, 5.74) is 0.477. The van der Waals surface area contributed by atoms with Gasteiger partial charge in [0.1, 0.15) is 17.7 Å². The van der Waals surface area contributed by atoms with E-state index >= 15 is 0 Å². The lowest BCUT2D eigenvalue weighted by atomic mass is 10.0. The van der Waals surface area contributed by atoms with Crippen LogP contribution in [0.2, 0.25) is 0 Å². The number of benzene rings is 2. The molecule has 2 aromatic rings. The second-order valence-electron chi connectivity index (χ2n) is 7.40. The zero-order valence-electron chi connectivity index (χ0n) is 16.6. The van der Waals surface area contributed by atoms with Gasteiger partial charge in [0, 0.05) is 44.2 Å². The third-order valence-electron chi connectivity index (χ3n) is 5.35. The molecule has 2 aliphatic heterocycles. The van der Waals surface area contributed by atoms with E-state index in [9.17, 15) is 22.0 Å². The van der Waals surface area contributed by atoms with Gasteiger partial charge >= 0.3 is 0 Å². The molecular weight excluding hydrogens is 428 g/mol. The highest BCUT2D eigenvalue weighted by Gasteiger charge is 2.32. The van der Waals surface area contributed by atoms with Crippen LogP contribution in [0.15, 0.2) is 58.6 Å². The summed E-state index contributed by atoms with van der Waals surface area (Å²) >= 11 is 0. The van der Waals surface area contributed by atoms with Crippen LogP contribution in [-0.4, -0.2) is 61.5 Å². The number of hydrogen-bond acceptors (Lipinski definition) is 5. The van der Waals surface area contributed by atoms with E-state index < -0.39 is 27.8 Å². The van der Waals surface area contributed by atoms with Crippen LogP contribution in [-0.2, 0) is 19.7 Å². The maximum atomic E-state index is 13.9. The Hall–Kier alpha value is -2.85. The van der Waals surface area contributed by atoms with Crippen molar-refractivity contribution in [2.75, 3.05) is 26.2 Å². The number of piperazine rings is 1. The van der Waals surface area contributed by atoms with Crippen molar-refractivity contribution in [1.29, 1.82) is 0 Å². The summed E-state index contributed by atoms with van der Waals surface area (Å²) in [6, 6.07) is 11.4. The fourth-order valence-electron chi connectivity index (χ4n) is 3.66. The molecule has 1 fully saturated rings. The van der Waals surface area contributed by atoms with E-state index in [1.165, 1.54) is 10.4 Å². The van der Waals surface area contributed by atoms with Crippen molar-refractivity contribution < 1.29 is 26.8 Å². The summed E-state index contributed by atoms with van der Waals surface area (Å²) in [6.45, 7) is 0.962. The molecule has 0 saturated carbocycles. The predicted molar refractivity (Wildman–Crippen MR) is 109 cm³/mol. The minimum Gasteiger partial charge on any atom is -0.391 e. The monoisotopic (exact) mass is 449 g/mol. The van der Waals surface area contributed by atoms with Crippen molar-refractivity contribution in [2.24, 2.45) is 5.16 Å². The maximum absolute atomic E-state index is 13.9. The van der Waals surface area contributed by atoms with Crippen LogP contribution in [0.25, 0.3) is 0 Å². The fourth-order valence-corrected chi connectivity index (χ4v) is 5.11. The standard InChI is InChI=1S/C21H21F2N3O4S/c22-15-6-7-18(19(23)12-15)20-13-16(30-24-20)14-21(27)25-8-10-26(11-9-25)31(28,29)17-4-2-1-3-5-17/h1-7,12,16H,8-11,13-14H2/t16-/m1/s1. The molecule has 4 rings (SSSR count). The molecule has 0 bridgehead atoms. The second kappa shape index (κ2) is 8.72. The van der Waals surface area contributed by atoms with Gasteiger partial charge in [0.2, 0.25) is 15.9 Å². The average Bonchev–Trinajstić information content (AvgIpc) is 3.22. The first-order valence-corrected chi connectivity index (χ1v) is 11.3. The van der Waals surface area contributed by atoms with Crippen LogP contribution in [0.4, 0.5) is 8.78 Å². The van der Waals surface area contributed by atoms with Gasteiger partial charge in [-0.15, -0.1) is 0 Å². The van der Waals surface area contributed by atoms with Gasteiger partial charge in [-0.25, -0.2) is 17.2 Å². The lowest BCUT2D eigenvalue weighted by molar-refractivity contribution is -0.135. The van der Waals surface area contributed by atoms with Crippen LogP contribution in [0.3, 0.4) is 0 Å². The molecule has 0 N–H and O–H groups in total. The van der Waals surface area contributed by atoms with E-state index in [1.54, 1.807) is 35.2 Å². The number of halogens is 2. The van der Waals surface area contributed by atoms with E-state index in [-0.39, 0.29) is 55.4 Å². The van der Waals surface area contributed by atoms with Crippen molar-refractivity contribution in [1.82, 2.24) is 9.21 Å². The van der Waals surface area contributed by atoms with Gasteiger partial charge in [0.05, 0.1) is 17.0 Å². The van der Waals surface area contributed by atoms with Crippen LogP contribution in [0, 0.1) is 11.6 Å². The average molecular weight is 449 g/mol. The summed E-state index contributed by atoms with van der Waals surface area (Å²) in [4.78, 5) is 19.7. The SMILES string of the molecule is O=C(C[C@H]1CC(c2ccc(F)cc2F)=NO1)N1CCN(S(=O)(=O)c2ccccc2)CC1. The van der Waals surface area contributed by atoms with E-state index in [2.05, 4.69) is 5.16 Å². The molecule has 0 spiro atoms. The highest BCUT2D eigenvalue weighted by Crippen LogP contribution is 2.23. The first-order valence-electron chi connectivity index (χ1n) is 9.85. The number of amides is 1. The predicted octanol–water partition coefficient (Wildman–Crippen LogP) is 2.38. The highest BCUT2D eigenvalue weighted by molar-refractivity contribution is 7.89.